The lowest BCUT2D eigenvalue weighted by Crippen LogP contribution is -2.16. The molecule has 0 aliphatic heterocycles. The Hall–Kier alpha value is -1.55. The van der Waals surface area contributed by atoms with Crippen molar-refractivity contribution < 1.29 is 26.0 Å². The Morgan fingerprint density at radius 2 is 1.87 bits per heavy atom. The number of sulfonamides is 1. The van der Waals surface area contributed by atoms with E-state index in [2.05, 4.69) is 4.72 Å². The van der Waals surface area contributed by atoms with Gasteiger partial charge >= 0.3 is 0 Å². The second-order valence-electron chi connectivity index (χ2n) is 4.43. The molecular formula is C13H9ClF2NO4S2-. The molecule has 2 aromatic rings. The van der Waals surface area contributed by atoms with Crippen LogP contribution in [0.15, 0.2) is 41.3 Å². The number of halogens is 3. The van der Waals surface area contributed by atoms with E-state index in [1.54, 1.807) is 0 Å². The van der Waals surface area contributed by atoms with Crippen LogP contribution in [0.5, 0.6) is 0 Å². The predicted molar refractivity (Wildman–Crippen MR) is 81.2 cm³/mol. The van der Waals surface area contributed by atoms with Gasteiger partial charge < -0.3 is 4.55 Å². The summed E-state index contributed by atoms with van der Waals surface area (Å²) in [5.74, 6) is -2.65. The molecule has 0 aliphatic carbocycles. The number of benzene rings is 2. The molecule has 0 amide bonds. The van der Waals surface area contributed by atoms with Crippen LogP contribution < -0.4 is 4.72 Å². The lowest BCUT2D eigenvalue weighted by molar-refractivity contribution is 0.536. The lowest BCUT2D eigenvalue weighted by atomic mass is 10.2. The molecular weight excluding hydrogens is 372 g/mol. The van der Waals surface area contributed by atoms with Crippen molar-refractivity contribution in [2.45, 2.75) is 10.6 Å². The van der Waals surface area contributed by atoms with Crippen LogP contribution in [-0.4, -0.2) is 17.2 Å². The van der Waals surface area contributed by atoms with Crippen molar-refractivity contribution >= 4 is 38.4 Å². The van der Waals surface area contributed by atoms with E-state index < -0.39 is 43.4 Å². The largest absolute Gasteiger partial charge is 0.772 e. The van der Waals surface area contributed by atoms with Gasteiger partial charge in [0.25, 0.3) is 10.0 Å². The standard InChI is InChI=1S/C13H10ClF2NO4S2/c14-9-2-1-8(7-22(18)19)12(5-9)17-23(20,21)13-4-3-10(15)6-11(13)16/h1-6,17H,7H2,(H,18,19)/p-1. The molecule has 0 saturated carbocycles. The summed E-state index contributed by atoms with van der Waals surface area (Å²) in [4.78, 5) is -0.770. The van der Waals surface area contributed by atoms with Crippen LogP contribution in [0.1, 0.15) is 5.56 Å². The van der Waals surface area contributed by atoms with Crippen LogP contribution in [0.25, 0.3) is 0 Å². The smallest absolute Gasteiger partial charge is 0.264 e. The van der Waals surface area contributed by atoms with Gasteiger partial charge in [-0.05, 0) is 29.8 Å². The minimum Gasteiger partial charge on any atom is -0.772 e. The Morgan fingerprint density at radius 3 is 2.48 bits per heavy atom. The summed E-state index contributed by atoms with van der Waals surface area (Å²) in [6.45, 7) is 0. The fraction of sp³-hybridized carbons (Fsp3) is 0.0769. The monoisotopic (exact) mass is 380 g/mol. The zero-order valence-electron chi connectivity index (χ0n) is 11.3. The molecule has 0 heterocycles. The zero-order valence-corrected chi connectivity index (χ0v) is 13.6. The maximum absolute atomic E-state index is 13.7. The molecule has 1 N–H and O–H groups in total. The van der Waals surface area contributed by atoms with E-state index in [9.17, 15) is 26.0 Å². The van der Waals surface area contributed by atoms with Crippen molar-refractivity contribution in [1.29, 1.82) is 0 Å². The summed E-state index contributed by atoms with van der Waals surface area (Å²) in [7, 11) is -4.39. The van der Waals surface area contributed by atoms with Crippen LogP contribution in [0.3, 0.4) is 0 Å². The zero-order chi connectivity index (χ0) is 17.2. The van der Waals surface area contributed by atoms with Gasteiger partial charge in [-0.25, -0.2) is 17.2 Å². The molecule has 10 heteroatoms. The first kappa shape index (κ1) is 17.8. The predicted octanol–water partition coefficient (Wildman–Crippen LogP) is 2.80. The van der Waals surface area contributed by atoms with Gasteiger partial charge in [0.1, 0.15) is 16.5 Å². The van der Waals surface area contributed by atoms with Crippen LogP contribution in [-0.2, 0) is 26.9 Å². The van der Waals surface area contributed by atoms with Gasteiger partial charge in [-0.15, -0.1) is 0 Å². The van der Waals surface area contributed by atoms with E-state index in [0.717, 1.165) is 12.1 Å². The van der Waals surface area contributed by atoms with Crippen molar-refractivity contribution in [3.8, 4) is 0 Å². The highest BCUT2D eigenvalue weighted by molar-refractivity contribution is 7.92. The number of rotatable bonds is 5. The third-order valence-electron chi connectivity index (χ3n) is 2.77. The minimum atomic E-state index is -4.39. The minimum absolute atomic E-state index is 0.106. The maximum atomic E-state index is 13.7. The highest BCUT2D eigenvalue weighted by atomic mass is 35.5. The van der Waals surface area contributed by atoms with E-state index in [1.807, 2.05) is 0 Å². The number of nitrogens with one attached hydrogen (secondary N) is 1. The van der Waals surface area contributed by atoms with Gasteiger partial charge in [0.2, 0.25) is 0 Å². The first-order valence-electron chi connectivity index (χ1n) is 6.01. The first-order chi connectivity index (χ1) is 10.7. The third kappa shape index (κ3) is 4.47. The van der Waals surface area contributed by atoms with Crippen molar-refractivity contribution in [3.05, 3.63) is 58.6 Å². The number of anilines is 1. The average Bonchev–Trinajstić information content (AvgIpc) is 2.40. The van der Waals surface area contributed by atoms with Gasteiger partial charge in [-0.3, -0.25) is 8.93 Å². The summed E-state index contributed by atoms with van der Waals surface area (Å²) in [6.07, 6.45) is 0. The Balaban J connectivity index is 2.44. The topological polar surface area (TPSA) is 86.3 Å². The highest BCUT2D eigenvalue weighted by Gasteiger charge is 2.21. The van der Waals surface area contributed by atoms with Gasteiger partial charge in [-0.1, -0.05) is 28.7 Å². The van der Waals surface area contributed by atoms with Gasteiger partial charge in [0.05, 0.1) is 5.69 Å². The van der Waals surface area contributed by atoms with Gasteiger partial charge in [-0.2, -0.15) is 0 Å². The summed E-state index contributed by atoms with van der Waals surface area (Å²) < 4.78 is 74.7. The van der Waals surface area contributed by atoms with Crippen LogP contribution >= 0.6 is 11.6 Å². The molecule has 0 fully saturated rings. The summed E-state index contributed by atoms with van der Waals surface area (Å²) in [5, 5.41) is 0.155. The van der Waals surface area contributed by atoms with E-state index in [0.29, 0.717) is 6.07 Å². The summed E-state index contributed by atoms with van der Waals surface area (Å²) in [6, 6.07) is 5.91. The van der Waals surface area contributed by atoms with Crippen molar-refractivity contribution in [2.24, 2.45) is 0 Å². The molecule has 0 radical (unpaired) electrons. The Kier molecular flexibility index (Phi) is 5.35. The molecule has 2 rings (SSSR count). The third-order valence-corrected chi connectivity index (χ3v) is 4.95. The molecule has 1 atom stereocenters. The normalized spacial score (nSPS) is 12.9. The lowest BCUT2D eigenvalue weighted by Gasteiger charge is -2.14. The maximum Gasteiger partial charge on any atom is 0.264 e. The quantitative estimate of drug-likeness (QED) is 0.808. The van der Waals surface area contributed by atoms with E-state index >= 15 is 0 Å². The molecule has 0 bridgehead atoms. The van der Waals surface area contributed by atoms with Crippen LogP contribution in [0, 0.1) is 11.6 Å². The van der Waals surface area contributed by atoms with Crippen LogP contribution in [0.2, 0.25) is 5.02 Å². The van der Waals surface area contributed by atoms with E-state index in [1.165, 1.54) is 18.2 Å². The summed E-state index contributed by atoms with van der Waals surface area (Å²) in [5.41, 5.74) is 0.0271. The average molecular weight is 381 g/mol. The molecule has 0 spiro atoms. The Bertz CT molecular complexity index is 874. The Labute approximate surface area is 138 Å². The van der Waals surface area contributed by atoms with Crippen LogP contribution in [0.4, 0.5) is 14.5 Å². The first-order valence-corrected chi connectivity index (χ1v) is 9.12. The van der Waals surface area contributed by atoms with Crippen molar-refractivity contribution in [2.75, 3.05) is 4.72 Å². The molecule has 23 heavy (non-hydrogen) atoms. The SMILES string of the molecule is O=S([O-])Cc1ccc(Cl)cc1NS(=O)(=O)c1ccc(F)cc1F. The molecule has 2 aromatic carbocycles. The van der Waals surface area contributed by atoms with E-state index in [-0.39, 0.29) is 16.3 Å². The summed E-state index contributed by atoms with van der Waals surface area (Å²) >= 11 is 3.30. The molecule has 0 saturated heterocycles. The molecule has 1 unspecified atom stereocenters. The second-order valence-corrected chi connectivity index (χ2v) is 7.41. The molecule has 0 aliphatic rings. The molecule has 5 nitrogen and oxygen atoms in total. The van der Waals surface area contributed by atoms with Gasteiger partial charge in [0, 0.05) is 16.8 Å². The number of hydrogen-bond donors (Lipinski definition) is 1. The number of hydrogen-bond acceptors (Lipinski definition) is 4. The van der Waals surface area contributed by atoms with E-state index in [4.69, 9.17) is 11.6 Å². The van der Waals surface area contributed by atoms with Crippen molar-refractivity contribution in [3.63, 3.8) is 0 Å². The highest BCUT2D eigenvalue weighted by Crippen LogP contribution is 2.26. The second kappa shape index (κ2) is 6.91. The Morgan fingerprint density at radius 1 is 1.17 bits per heavy atom. The van der Waals surface area contributed by atoms with Gasteiger partial charge in [0.15, 0.2) is 0 Å². The fourth-order valence-electron chi connectivity index (χ4n) is 1.79. The van der Waals surface area contributed by atoms with Crippen molar-refractivity contribution in [1.82, 2.24) is 0 Å². The fourth-order valence-corrected chi connectivity index (χ4v) is 3.62. The molecule has 0 aromatic heterocycles. The molecule has 124 valence electrons.